The molecule has 1 heterocycles. The molecule has 0 spiro atoms. The lowest BCUT2D eigenvalue weighted by molar-refractivity contribution is -0.307. The maximum atomic E-state index is 11.4. The van der Waals surface area contributed by atoms with Gasteiger partial charge in [0.25, 0.3) is 5.56 Å². The molecule has 0 unspecified atom stereocenters. The Kier molecular flexibility index (Phi) is 2.44. The number of carboxylic acid groups (broad SMARTS) is 1. The van der Waals surface area contributed by atoms with Crippen molar-refractivity contribution in [2.45, 2.75) is 12.8 Å². The molecule has 0 aliphatic heterocycles. The van der Waals surface area contributed by atoms with Crippen molar-refractivity contribution in [3.8, 4) is 0 Å². The van der Waals surface area contributed by atoms with Crippen molar-refractivity contribution < 1.29 is 9.90 Å². The summed E-state index contributed by atoms with van der Waals surface area (Å²) in [6.07, 6.45) is 0. The number of aromatic amines is 1. The van der Waals surface area contributed by atoms with Crippen LogP contribution in [0, 0.1) is 0 Å². The highest BCUT2D eigenvalue weighted by atomic mass is 16.4. The van der Waals surface area contributed by atoms with E-state index in [-0.39, 0.29) is 5.56 Å². The predicted octanol–water partition coefficient (Wildman–Crippen LogP) is -0.224. The van der Waals surface area contributed by atoms with E-state index < -0.39 is 11.9 Å². The summed E-state index contributed by atoms with van der Waals surface area (Å²) in [4.78, 5) is 22.2. The van der Waals surface area contributed by atoms with Crippen LogP contribution in [-0.2, 0) is 4.79 Å². The van der Waals surface area contributed by atoms with Crippen molar-refractivity contribution in [3.63, 3.8) is 0 Å². The van der Waals surface area contributed by atoms with Gasteiger partial charge in [0.05, 0.1) is 17.0 Å². The summed E-state index contributed by atoms with van der Waals surface area (Å²) in [6.45, 7) is 1.47. The van der Waals surface area contributed by atoms with Gasteiger partial charge in [-0.3, -0.25) is 4.79 Å². The Morgan fingerprint density at radius 3 is 2.62 bits per heavy atom. The minimum Gasteiger partial charge on any atom is -0.549 e. The fourth-order valence-electron chi connectivity index (χ4n) is 1.58. The van der Waals surface area contributed by atoms with Crippen LogP contribution < -0.4 is 10.7 Å². The number of hydrogen-bond acceptors (Lipinski definition) is 4. The Bertz CT molecular complexity index is 603. The van der Waals surface area contributed by atoms with Crippen LogP contribution in [0.15, 0.2) is 29.1 Å². The Hall–Kier alpha value is -2.17. The van der Waals surface area contributed by atoms with Crippen molar-refractivity contribution >= 4 is 16.7 Å². The van der Waals surface area contributed by atoms with Gasteiger partial charge in [-0.25, -0.2) is 5.10 Å². The standard InChI is InChI=1S/C11H10N2O3/c1-6(11(15)16)9-7-4-2-3-5-8(7)10(14)13-12-9/h2-6H,1H3,(H,13,14)(H,15,16)/p-1/t6-/m0/s1. The first-order valence-corrected chi connectivity index (χ1v) is 4.79. The van der Waals surface area contributed by atoms with Gasteiger partial charge >= 0.3 is 0 Å². The number of fused-ring (bicyclic) bond motifs is 1. The van der Waals surface area contributed by atoms with E-state index in [0.29, 0.717) is 16.5 Å². The third kappa shape index (κ3) is 1.56. The van der Waals surface area contributed by atoms with E-state index in [9.17, 15) is 14.7 Å². The first kappa shape index (κ1) is 10.4. The molecule has 1 atom stereocenters. The van der Waals surface area contributed by atoms with Crippen LogP contribution in [0.1, 0.15) is 18.5 Å². The van der Waals surface area contributed by atoms with Crippen LogP contribution in [0.3, 0.4) is 0 Å². The molecule has 2 rings (SSSR count). The SMILES string of the molecule is C[C@H](C(=O)[O-])c1n[nH]c(=O)c2ccccc12. The highest BCUT2D eigenvalue weighted by Gasteiger charge is 2.13. The van der Waals surface area contributed by atoms with Crippen LogP contribution in [-0.4, -0.2) is 16.2 Å². The van der Waals surface area contributed by atoms with Gasteiger partial charge in [-0.15, -0.1) is 0 Å². The van der Waals surface area contributed by atoms with Gasteiger partial charge in [-0.1, -0.05) is 25.1 Å². The van der Waals surface area contributed by atoms with Crippen molar-refractivity contribution in [2.24, 2.45) is 0 Å². The number of aromatic nitrogens is 2. The third-order valence-electron chi connectivity index (χ3n) is 2.49. The Labute approximate surface area is 90.7 Å². The summed E-state index contributed by atoms with van der Waals surface area (Å²) in [6, 6.07) is 6.74. The largest absolute Gasteiger partial charge is 0.549 e. The molecule has 1 N–H and O–H groups in total. The minimum atomic E-state index is -1.22. The number of nitrogens with one attached hydrogen (secondary N) is 1. The Balaban J connectivity index is 2.77. The maximum absolute atomic E-state index is 11.4. The summed E-state index contributed by atoms with van der Waals surface area (Å²) in [5.74, 6) is -2.08. The molecule has 0 amide bonds. The minimum absolute atomic E-state index is 0.315. The van der Waals surface area contributed by atoms with E-state index in [1.807, 2.05) is 0 Å². The zero-order valence-electron chi connectivity index (χ0n) is 8.56. The maximum Gasteiger partial charge on any atom is 0.272 e. The van der Waals surface area contributed by atoms with Crippen LogP contribution in [0.2, 0.25) is 0 Å². The lowest BCUT2D eigenvalue weighted by atomic mass is 10.0. The molecule has 0 aliphatic rings. The number of rotatable bonds is 2. The van der Waals surface area contributed by atoms with Gasteiger partial charge in [0.2, 0.25) is 0 Å². The van der Waals surface area contributed by atoms with Crippen molar-refractivity contribution in [3.05, 3.63) is 40.3 Å². The topological polar surface area (TPSA) is 85.9 Å². The number of hydrogen-bond donors (Lipinski definition) is 1. The second-order valence-electron chi connectivity index (χ2n) is 3.52. The number of carbonyl (C=O) groups excluding carboxylic acids is 1. The Morgan fingerprint density at radius 1 is 1.38 bits per heavy atom. The predicted molar refractivity (Wildman–Crippen MR) is 55.8 cm³/mol. The van der Waals surface area contributed by atoms with Crippen LogP contribution in [0.25, 0.3) is 10.8 Å². The molecule has 2 aromatic rings. The molecule has 0 fully saturated rings. The average molecular weight is 217 g/mol. The second-order valence-corrected chi connectivity index (χ2v) is 3.52. The molecule has 0 aliphatic carbocycles. The molecular formula is C11H9N2O3-. The van der Waals surface area contributed by atoms with E-state index in [2.05, 4.69) is 10.2 Å². The number of aliphatic carboxylic acids is 1. The highest BCUT2D eigenvalue weighted by molar-refractivity contribution is 5.87. The smallest absolute Gasteiger partial charge is 0.272 e. The van der Waals surface area contributed by atoms with Crippen molar-refractivity contribution in [2.75, 3.05) is 0 Å². The summed E-state index contributed by atoms with van der Waals surface area (Å²) in [5.41, 5.74) is -0.0138. The fourth-order valence-corrected chi connectivity index (χ4v) is 1.58. The third-order valence-corrected chi connectivity index (χ3v) is 2.49. The quantitative estimate of drug-likeness (QED) is 0.753. The molecule has 1 aromatic carbocycles. The first-order chi connectivity index (χ1) is 7.61. The van der Waals surface area contributed by atoms with E-state index in [0.717, 1.165) is 0 Å². The number of benzene rings is 1. The number of nitrogens with zero attached hydrogens (tertiary/aromatic N) is 1. The van der Waals surface area contributed by atoms with Crippen molar-refractivity contribution in [1.82, 2.24) is 10.2 Å². The van der Waals surface area contributed by atoms with Crippen LogP contribution in [0.4, 0.5) is 0 Å². The highest BCUT2D eigenvalue weighted by Crippen LogP contribution is 2.19. The van der Waals surface area contributed by atoms with Gasteiger partial charge < -0.3 is 9.90 Å². The molecular weight excluding hydrogens is 208 g/mol. The number of H-pyrrole nitrogens is 1. The lowest BCUT2D eigenvalue weighted by Gasteiger charge is -2.13. The molecule has 0 bridgehead atoms. The molecule has 1 aromatic heterocycles. The van der Waals surface area contributed by atoms with Gasteiger partial charge in [0.1, 0.15) is 0 Å². The summed E-state index contributed by atoms with van der Waals surface area (Å²) in [5, 5.41) is 17.8. The van der Waals surface area contributed by atoms with E-state index >= 15 is 0 Å². The molecule has 82 valence electrons. The normalized spacial score (nSPS) is 12.6. The van der Waals surface area contributed by atoms with Gasteiger partial charge in [0, 0.05) is 11.3 Å². The van der Waals surface area contributed by atoms with E-state index in [1.54, 1.807) is 24.3 Å². The van der Waals surface area contributed by atoms with Crippen LogP contribution in [0.5, 0.6) is 0 Å². The summed E-state index contributed by atoms with van der Waals surface area (Å²) in [7, 11) is 0. The van der Waals surface area contributed by atoms with Crippen LogP contribution >= 0.6 is 0 Å². The molecule has 0 radical (unpaired) electrons. The van der Waals surface area contributed by atoms with Gasteiger partial charge in [0.15, 0.2) is 0 Å². The second kappa shape index (κ2) is 3.77. The molecule has 16 heavy (non-hydrogen) atoms. The average Bonchev–Trinajstić information content (AvgIpc) is 2.29. The number of carbonyl (C=O) groups is 1. The zero-order chi connectivity index (χ0) is 11.7. The van der Waals surface area contributed by atoms with E-state index in [4.69, 9.17) is 0 Å². The molecule has 0 saturated heterocycles. The lowest BCUT2D eigenvalue weighted by Crippen LogP contribution is -2.29. The molecule has 5 heteroatoms. The molecule has 0 saturated carbocycles. The monoisotopic (exact) mass is 217 g/mol. The van der Waals surface area contributed by atoms with Crippen molar-refractivity contribution in [1.29, 1.82) is 0 Å². The fraction of sp³-hybridized carbons (Fsp3) is 0.182. The van der Waals surface area contributed by atoms with E-state index in [1.165, 1.54) is 6.92 Å². The summed E-state index contributed by atoms with van der Waals surface area (Å²) < 4.78 is 0. The molecule has 5 nitrogen and oxygen atoms in total. The zero-order valence-corrected chi connectivity index (χ0v) is 8.56. The van der Waals surface area contributed by atoms with Gasteiger partial charge in [-0.05, 0) is 6.07 Å². The summed E-state index contributed by atoms with van der Waals surface area (Å²) >= 11 is 0. The Morgan fingerprint density at radius 2 is 2.00 bits per heavy atom. The number of carboxylic acids is 1. The van der Waals surface area contributed by atoms with Gasteiger partial charge in [-0.2, -0.15) is 5.10 Å². The first-order valence-electron chi connectivity index (χ1n) is 4.79.